The molecule has 2 heterocycles. The highest BCUT2D eigenvalue weighted by Gasteiger charge is 2.14. The molecule has 3 aromatic rings. The van der Waals surface area contributed by atoms with Gasteiger partial charge in [-0.3, -0.25) is 4.40 Å². The zero-order valence-electron chi connectivity index (χ0n) is 10.2. The lowest BCUT2D eigenvalue weighted by atomic mass is 10.2. The van der Waals surface area contributed by atoms with Crippen LogP contribution in [0.5, 0.6) is 0 Å². The van der Waals surface area contributed by atoms with Crippen molar-refractivity contribution in [3.8, 4) is 0 Å². The Kier molecular flexibility index (Phi) is 2.56. The normalized spacial score (nSPS) is 11.0. The molecular weight excluding hydrogens is 246 g/mol. The second-order valence-corrected chi connectivity index (χ2v) is 4.02. The third-order valence-electron chi connectivity index (χ3n) is 2.82. The largest absolute Gasteiger partial charge is 0.461 e. The minimum atomic E-state index is -0.533. The number of carbonyl (C=O) groups excluding carboxylic acids is 1. The first kappa shape index (κ1) is 11.5. The van der Waals surface area contributed by atoms with Crippen molar-refractivity contribution in [1.29, 1.82) is 0 Å². The van der Waals surface area contributed by atoms with Crippen molar-refractivity contribution in [1.82, 2.24) is 14.4 Å². The number of hydrogen-bond acceptors (Lipinski definition) is 4. The molecule has 0 fully saturated rings. The number of para-hydroxylation sites is 1. The van der Waals surface area contributed by atoms with Crippen molar-refractivity contribution >= 4 is 22.5 Å². The summed E-state index contributed by atoms with van der Waals surface area (Å²) in [5.41, 5.74) is 0.920. The van der Waals surface area contributed by atoms with Crippen molar-refractivity contribution in [2.75, 3.05) is 6.61 Å². The van der Waals surface area contributed by atoms with Crippen LogP contribution >= 0.6 is 0 Å². The topological polar surface area (TPSA) is 76.5 Å². The first-order valence-corrected chi connectivity index (χ1v) is 5.88. The van der Waals surface area contributed by atoms with Crippen molar-refractivity contribution in [2.24, 2.45) is 0 Å². The smallest absolute Gasteiger partial charge is 0.358 e. The summed E-state index contributed by atoms with van der Waals surface area (Å²) in [4.78, 5) is 30.5. The number of nitrogens with zero attached hydrogens (tertiary/aromatic N) is 2. The number of aromatic nitrogens is 3. The van der Waals surface area contributed by atoms with E-state index < -0.39 is 5.97 Å². The predicted octanol–water partition coefficient (Wildman–Crippen LogP) is 1.35. The summed E-state index contributed by atoms with van der Waals surface area (Å²) in [7, 11) is 0. The van der Waals surface area contributed by atoms with Crippen LogP contribution in [0.3, 0.4) is 0 Å². The molecule has 0 unspecified atom stereocenters. The fourth-order valence-corrected chi connectivity index (χ4v) is 1.99. The summed E-state index contributed by atoms with van der Waals surface area (Å²) >= 11 is 0. The summed E-state index contributed by atoms with van der Waals surface area (Å²) in [5, 5.41) is 0.776. The highest BCUT2D eigenvalue weighted by molar-refractivity contribution is 5.94. The Morgan fingerprint density at radius 1 is 1.42 bits per heavy atom. The van der Waals surface area contributed by atoms with Gasteiger partial charge >= 0.3 is 11.7 Å². The molecule has 0 spiro atoms. The number of aromatic amines is 1. The molecule has 6 nitrogen and oxygen atoms in total. The maximum Gasteiger partial charge on any atom is 0.358 e. The Labute approximate surface area is 107 Å². The molecule has 0 saturated carbocycles. The molecule has 3 rings (SSSR count). The summed E-state index contributed by atoms with van der Waals surface area (Å²) in [6, 6.07) is 7.29. The number of imidazole rings is 1. The van der Waals surface area contributed by atoms with Crippen LogP contribution in [0.1, 0.15) is 17.4 Å². The quantitative estimate of drug-likeness (QED) is 0.703. The minimum absolute atomic E-state index is 0.128. The summed E-state index contributed by atoms with van der Waals surface area (Å²) in [6.07, 6.45) is 1.39. The van der Waals surface area contributed by atoms with Gasteiger partial charge in [0.05, 0.1) is 12.1 Å². The summed E-state index contributed by atoms with van der Waals surface area (Å²) < 4.78 is 6.20. The second-order valence-electron chi connectivity index (χ2n) is 4.02. The third-order valence-corrected chi connectivity index (χ3v) is 2.82. The van der Waals surface area contributed by atoms with E-state index in [0.29, 0.717) is 11.2 Å². The van der Waals surface area contributed by atoms with E-state index in [4.69, 9.17) is 4.74 Å². The van der Waals surface area contributed by atoms with Crippen LogP contribution < -0.4 is 5.69 Å². The molecule has 0 radical (unpaired) electrons. The summed E-state index contributed by atoms with van der Waals surface area (Å²) in [6.45, 7) is 1.99. The molecule has 1 N–H and O–H groups in total. The molecule has 19 heavy (non-hydrogen) atoms. The zero-order valence-corrected chi connectivity index (χ0v) is 10.2. The van der Waals surface area contributed by atoms with Gasteiger partial charge < -0.3 is 9.72 Å². The van der Waals surface area contributed by atoms with Gasteiger partial charge in [0.15, 0.2) is 11.3 Å². The first-order chi connectivity index (χ1) is 9.20. The van der Waals surface area contributed by atoms with E-state index in [2.05, 4.69) is 9.97 Å². The molecule has 0 bridgehead atoms. The molecule has 0 atom stereocenters. The van der Waals surface area contributed by atoms with Crippen LogP contribution in [0.15, 0.2) is 35.3 Å². The molecule has 96 valence electrons. The van der Waals surface area contributed by atoms with Crippen LogP contribution in [0.2, 0.25) is 0 Å². The number of hydrogen-bond donors (Lipinski definition) is 1. The van der Waals surface area contributed by atoms with Crippen molar-refractivity contribution in [3.63, 3.8) is 0 Å². The molecule has 0 aliphatic carbocycles. The Hall–Kier alpha value is -2.63. The SMILES string of the molecule is CCOC(=O)c1cn2c(=O)[nH]c3ccccc3c2n1. The van der Waals surface area contributed by atoms with Gasteiger partial charge in [-0.05, 0) is 19.1 Å². The highest BCUT2D eigenvalue weighted by Crippen LogP contribution is 2.15. The Morgan fingerprint density at radius 3 is 3.00 bits per heavy atom. The Balaban J connectivity index is 2.32. The maximum atomic E-state index is 11.9. The summed E-state index contributed by atoms with van der Waals surface area (Å²) in [5.74, 6) is -0.533. The second kappa shape index (κ2) is 4.24. The van der Waals surface area contributed by atoms with Crippen LogP contribution in [0.25, 0.3) is 16.6 Å². The van der Waals surface area contributed by atoms with E-state index in [1.54, 1.807) is 13.0 Å². The zero-order chi connectivity index (χ0) is 13.4. The number of carbonyl (C=O) groups is 1. The first-order valence-electron chi connectivity index (χ1n) is 5.88. The van der Waals surface area contributed by atoms with Gasteiger partial charge in [0.1, 0.15) is 0 Å². The molecule has 0 aliphatic heterocycles. The predicted molar refractivity (Wildman–Crippen MR) is 69.3 cm³/mol. The van der Waals surface area contributed by atoms with Gasteiger partial charge in [0.2, 0.25) is 0 Å². The number of rotatable bonds is 2. The van der Waals surface area contributed by atoms with E-state index in [0.717, 1.165) is 5.39 Å². The lowest BCUT2D eigenvalue weighted by molar-refractivity contribution is 0.0520. The number of fused-ring (bicyclic) bond motifs is 3. The van der Waals surface area contributed by atoms with Crippen molar-refractivity contribution in [3.05, 3.63) is 46.6 Å². The van der Waals surface area contributed by atoms with Crippen LogP contribution in [-0.2, 0) is 4.74 Å². The Morgan fingerprint density at radius 2 is 2.21 bits per heavy atom. The fourth-order valence-electron chi connectivity index (χ4n) is 1.99. The van der Waals surface area contributed by atoms with Crippen LogP contribution in [-0.4, -0.2) is 26.9 Å². The highest BCUT2D eigenvalue weighted by atomic mass is 16.5. The minimum Gasteiger partial charge on any atom is -0.461 e. The van der Waals surface area contributed by atoms with E-state index >= 15 is 0 Å². The lowest BCUT2D eigenvalue weighted by Crippen LogP contribution is -2.15. The van der Waals surface area contributed by atoms with Crippen molar-refractivity contribution < 1.29 is 9.53 Å². The standard InChI is InChI=1S/C13H11N3O3/c1-2-19-12(17)10-7-16-11(14-10)8-5-3-4-6-9(8)15-13(16)18/h3-7H,2H2,1H3,(H,15,18). The molecule has 0 amide bonds. The van der Waals surface area contributed by atoms with E-state index in [-0.39, 0.29) is 18.0 Å². The average Bonchev–Trinajstić information content (AvgIpc) is 2.85. The molecule has 1 aromatic carbocycles. The van der Waals surface area contributed by atoms with Crippen molar-refractivity contribution in [2.45, 2.75) is 6.92 Å². The average molecular weight is 257 g/mol. The Bertz CT molecular complexity index is 832. The number of ether oxygens (including phenoxy) is 1. The number of benzene rings is 1. The molecule has 2 aromatic heterocycles. The third kappa shape index (κ3) is 1.77. The van der Waals surface area contributed by atoms with E-state index in [1.807, 2.05) is 18.2 Å². The van der Waals surface area contributed by atoms with Gasteiger partial charge in [-0.25, -0.2) is 14.6 Å². The fraction of sp³-hybridized carbons (Fsp3) is 0.154. The van der Waals surface area contributed by atoms with Gasteiger partial charge in [0.25, 0.3) is 0 Å². The molecular formula is C13H11N3O3. The number of H-pyrrole nitrogens is 1. The number of esters is 1. The molecule has 6 heteroatoms. The van der Waals surface area contributed by atoms with E-state index in [1.165, 1.54) is 10.6 Å². The van der Waals surface area contributed by atoms with Gasteiger partial charge in [-0.15, -0.1) is 0 Å². The number of nitrogens with one attached hydrogen (secondary N) is 1. The van der Waals surface area contributed by atoms with Crippen LogP contribution in [0.4, 0.5) is 0 Å². The van der Waals surface area contributed by atoms with Gasteiger partial charge in [-0.1, -0.05) is 12.1 Å². The van der Waals surface area contributed by atoms with Gasteiger partial charge in [0, 0.05) is 11.6 Å². The maximum absolute atomic E-state index is 11.9. The molecule has 0 aliphatic rings. The molecule has 0 saturated heterocycles. The monoisotopic (exact) mass is 257 g/mol. The van der Waals surface area contributed by atoms with E-state index in [9.17, 15) is 9.59 Å². The van der Waals surface area contributed by atoms with Crippen LogP contribution in [0, 0.1) is 0 Å². The lowest BCUT2D eigenvalue weighted by Gasteiger charge is -1.98. The van der Waals surface area contributed by atoms with Gasteiger partial charge in [-0.2, -0.15) is 0 Å².